The molecule has 0 bridgehead atoms. The first-order valence-corrected chi connectivity index (χ1v) is 6.19. The fourth-order valence-electron chi connectivity index (χ4n) is 1.75. The predicted octanol–water partition coefficient (Wildman–Crippen LogP) is 0.954. The van der Waals surface area contributed by atoms with Gasteiger partial charge in [-0.1, -0.05) is 0 Å². The smallest absolute Gasteiger partial charge is 0.307 e. The van der Waals surface area contributed by atoms with Crippen molar-refractivity contribution in [3.63, 3.8) is 0 Å². The van der Waals surface area contributed by atoms with E-state index in [0.717, 1.165) is 0 Å². The van der Waals surface area contributed by atoms with Crippen LogP contribution >= 0.6 is 0 Å². The summed E-state index contributed by atoms with van der Waals surface area (Å²) < 4.78 is 4.53. The number of nitrogens with one attached hydrogen (secondary N) is 1. The molecule has 0 radical (unpaired) electrons. The van der Waals surface area contributed by atoms with Crippen LogP contribution in [0.2, 0.25) is 0 Å². The molecule has 1 N–H and O–H groups in total. The average molecular weight is 295 g/mol. The van der Waals surface area contributed by atoms with Crippen LogP contribution in [0.5, 0.6) is 0 Å². The maximum Gasteiger partial charge on any atom is 0.307 e. The van der Waals surface area contributed by atoms with E-state index >= 15 is 0 Å². The number of hydrogen-bond donors (Lipinski definition) is 1. The van der Waals surface area contributed by atoms with E-state index in [1.54, 1.807) is 11.9 Å². The van der Waals surface area contributed by atoms with Crippen molar-refractivity contribution >= 4 is 23.3 Å². The summed E-state index contributed by atoms with van der Waals surface area (Å²) in [6.45, 7) is 0.241. The first-order valence-electron chi connectivity index (χ1n) is 6.19. The zero-order chi connectivity index (χ0) is 16.0. The van der Waals surface area contributed by atoms with E-state index in [1.165, 1.54) is 32.4 Å². The Morgan fingerprint density at radius 2 is 2.10 bits per heavy atom. The summed E-state index contributed by atoms with van der Waals surface area (Å²) in [5, 5.41) is 13.5. The predicted molar refractivity (Wildman–Crippen MR) is 76.4 cm³/mol. The van der Waals surface area contributed by atoms with Gasteiger partial charge in [0.15, 0.2) is 0 Å². The summed E-state index contributed by atoms with van der Waals surface area (Å²) in [4.78, 5) is 34.8. The number of benzene rings is 1. The third-order valence-electron chi connectivity index (χ3n) is 2.95. The Labute approximate surface area is 121 Å². The van der Waals surface area contributed by atoms with E-state index in [0.29, 0.717) is 5.56 Å². The summed E-state index contributed by atoms with van der Waals surface area (Å²) in [5.74, 6) is -0.750. The van der Waals surface area contributed by atoms with Gasteiger partial charge in [-0.05, 0) is 12.1 Å². The van der Waals surface area contributed by atoms with Crippen LogP contribution in [0.15, 0.2) is 18.2 Å². The molecule has 0 aliphatic rings. The molecule has 1 aromatic rings. The van der Waals surface area contributed by atoms with E-state index in [2.05, 4.69) is 10.1 Å². The number of methoxy groups -OCH3 is 1. The number of carbonyl (C=O) groups excluding carboxylic acids is 2. The molecular weight excluding hydrogens is 278 g/mol. The molecule has 1 amide bonds. The number of rotatable bonds is 6. The molecule has 0 aliphatic heterocycles. The van der Waals surface area contributed by atoms with Gasteiger partial charge in [0, 0.05) is 32.3 Å². The Bertz CT molecular complexity index is 559. The summed E-state index contributed by atoms with van der Waals surface area (Å²) in [5.41, 5.74) is 0.447. The number of nitrogens with zero attached hydrogens (tertiary/aromatic N) is 2. The molecule has 1 rings (SSSR count). The summed E-state index contributed by atoms with van der Waals surface area (Å²) >= 11 is 0. The fraction of sp³-hybridized carbons (Fsp3) is 0.385. The van der Waals surface area contributed by atoms with E-state index < -0.39 is 10.9 Å². The lowest BCUT2D eigenvalue weighted by Gasteiger charge is -2.19. The Morgan fingerprint density at radius 3 is 2.62 bits per heavy atom. The zero-order valence-corrected chi connectivity index (χ0v) is 12.1. The van der Waals surface area contributed by atoms with Crippen LogP contribution in [-0.2, 0) is 9.53 Å². The van der Waals surface area contributed by atoms with Crippen LogP contribution in [0.3, 0.4) is 0 Å². The van der Waals surface area contributed by atoms with Crippen molar-refractivity contribution in [3.05, 3.63) is 33.9 Å². The number of nitro benzene ring substituents is 1. The normalized spacial score (nSPS) is 9.86. The SMILES string of the molecule is CNC(=O)c1ccc([N+](=O)[O-])c(N(C)CCC(=O)OC)c1. The molecule has 0 fully saturated rings. The maximum atomic E-state index is 11.6. The minimum absolute atomic E-state index is 0.0916. The molecule has 0 aliphatic carbocycles. The van der Waals surface area contributed by atoms with Gasteiger partial charge < -0.3 is 15.0 Å². The zero-order valence-electron chi connectivity index (χ0n) is 12.1. The Balaban J connectivity index is 3.07. The first kappa shape index (κ1) is 16.4. The number of ether oxygens (including phenoxy) is 1. The van der Waals surface area contributed by atoms with E-state index in [4.69, 9.17) is 0 Å². The first-order chi connectivity index (χ1) is 9.90. The van der Waals surface area contributed by atoms with Gasteiger partial charge in [-0.25, -0.2) is 0 Å². The highest BCUT2D eigenvalue weighted by molar-refractivity contribution is 5.95. The molecule has 21 heavy (non-hydrogen) atoms. The van der Waals surface area contributed by atoms with Crippen LogP contribution in [-0.4, -0.2) is 44.5 Å². The summed E-state index contributed by atoms with van der Waals surface area (Å²) in [6.07, 6.45) is 0.0916. The molecular formula is C13H17N3O5. The van der Waals surface area contributed by atoms with Crippen LogP contribution in [0.4, 0.5) is 11.4 Å². The van der Waals surface area contributed by atoms with E-state index in [1.807, 2.05) is 0 Å². The molecule has 0 saturated heterocycles. The fourth-order valence-corrected chi connectivity index (χ4v) is 1.75. The van der Waals surface area contributed by atoms with Gasteiger partial charge in [0.1, 0.15) is 5.69 Å². The van der Waals surface area contributed by atoms with Gasteiger partial charge in [0.2, 0.25) is 0 Å². The van der Waals surface area contributed by atoms with Gasteiger partial charge in [0.05, 0.1) is 18.5 Å². The minimum Gasteiger partial charge on any atom is -0.469 e. The third kappa shape index (κ3) is 4.16. The van der Waals surface area contributed by atoms with Crippen molar-refractivity contribution in [2.24, 2.45) is 0 Å². The van der Waals surface area contributed by atoms with E-state index in [-0.39, 0.29) is 30.2 Å². The van der Waals surface area contributed by atoms with Crippen molar-refractivity contribution in [1.29, 1.82) is 0 Å². The van der Waals surface area contributed by atoms with Gasteiger partial charge >= 0.3 is 5.97 Å². The lowest BCUT2D eigenvalue weighted by Crippen LogP contribution is -2.24. The Hall–Kier alpha value is -2.64. The number of anilines is 1. The van der Waals surface area contributed by atoms with Crippen LogP contribution in [0.1, 0.15) is 16.8 Å². The molecule has 0 unspecified atom stereocenters. The van der Waals surface area contributed by atoms with Crippen LogP contribution in [0.25, 0.3) is 0 Å². The highest BCUT2D eigenvalue weighted by Crippen LogP contribution is 2.28. The molecule has 8 nitrogen and oxygen atoms in total. The number of esters is 1. The van der Waals surface area contributed by atoms with Gasteiger partial charge in [0.25, 0.3) is 11.6 Å². The van der Waals surface area contributed by atoms with Gasteiger partial charge in [-0.15, -0.1) is 0 Å². The van der Waals surface area contributed by atoms with Crippen molar-refractivity contribution in [2.45, 2.75) is 6.42 Å². The molecule has 8 heteroatoms. The second-order valence-electron chi connectivity index (χ2n) is 4.29. The van der Waals surface area contributed by atoms with Crippen molar-refractivity contribution in [2.75, 3.05) is 32.6 Å². The largest absolute Gasteiger partial charge is 0.469 e. The van der Waals surface area contributed by atoms with Crippen LogP contribution < -0.4 is 10.2 Å². The number of carbonyl (C=O) groups is 2. The Kier molecular flexibility index (Phi) is 5.65. The van der Waals surface area contributed by atoms with E-state index in [9.17, 15) is 19.7 Å². The quantitative estimate of drug-likeness (QED) is 0.476. The summed E-state index contributed by atoms with van der Waals surface area (Å²) in [6, 6.07) is 4.08. The molecule has 0 atom stereocenters. The summed E-state index contributed by atoms with van der Waals surface area (Å²) in [7, 11) is 4.36. The maximum absolute atomic E-state index is 11.6. The molecule has 0 spiro atoms. The minimum atomic E-state index is -0.530. The monoisotopic (exact) mass is 295 g/mol. The second kappa shape index (κ2) is 7.22. The number of amides is 1. The second-order valence-corrected chi connectivity index (χ2v) is 4.29. The highest BCUT2D eigenvalue weighted by atomic mass is 16.6. The molecule has 0 saturated carbocycles. The molecule has 0 aromatic heterocycles. The highest BCUT2D eigenvalue weighted by Gasteiger charge is 2.20. The topological polar surface area (TPSA) is 102 Å². The molecule has 0 heterocycles. The van der Waals surface area contributed by atoms with Crippen molar-refractivity contribution in [3.8, 4) is 0 Å². The number of nitro groups is 1. The Morgan fingerprint density at radius 1 is 1.43 bits per heavy atom. The lowest BCUT2D eigenvalue weighted by molar-refractivity contribution is -0.384. The number of hydrogen-bond acceptors (Lipinski definition) is 6. The van der Waals surface area contributed by atoms with Gasteiger partial charge in [-0.2, -0.15) is 0 Å². The van der Waals surface area contributed by atoms with Crippen LogP contribution in [0, 0.1) is 10.1 Å². The third-order valence-corrected chi connectivity index (χ3v) is 2.95. The average Bonchev–Trinajstić information content (AvgIpc) is 2.50. The lowest BCUT2D eigenvalue weighted by atomic mass is 10.1. The molecule has 1 aromatic carbocycles. The molecule has 114 valence electrons. The van der Waals surface area contributed by atoms with Gasteiger partial charge in [-0.3, -0.25) is 19.7 Å². The standard InChI is InChI=1S/C13H17N3O5/c1-14-13(18)9-4-5-10(16(19)20)11(8-9)15(2)7-6-12(17)21-3/h4-5,8H,6-7H2,1-3H3,(H,14,18). The van der Waals surface area contributed by atoms with Crippen molar-refractivity contribution < 1.29 is 19.2 Å². The van der Waals surface area contributed by atoms with Crippen molar-refractivity contribution in [1.82, 2.24) is 5.32 Å².